The summed E-state index contributed by atoms with van der Waals surface area (Å²) in [6.07, 6.45) is 0.691. The molecule has 2 aromatic rings. The highest BCUT2D eigenvalue weighted by Crippen LogP contribution is 2.20. The van der Waals surface area contributed by atoms with E-state index in [9.17, 15) is 0 Å². The minimum atomic E-state index is 0.372. The number of nitriles is 1. The van der Waals surface area contributed by atoms with Crippen LogP contribution in [0.25, 0.3) is 0 Å². The first-order chi connectivity index (χ1) is 10.1. The lowest BCUT2D eigenvalue weighted by Gasteiger charge is -2.07. The Morgan fingerprint density at radius 1 is 1.24 bits per heavy atom. The van der Waals surface area contributed by atoms with E-state index in [1.165, 1.54) is 22.5 Å². The summed E-state index contributed by atoms with van der Waals surface area (Å²) in [5.74, 6) is 0.877. The Labute approximate surface area is 129 Å². The van der Waals surface area contributed by atoms with E-state index in [1.807, 2.05) is 12.1 Å². The van der Waals surface area contributed by atoms with Gasteiger partial charge >= 0.3 is 0 Å². The Morgan fingerprint density at radius 2 is 1.95 bits per heavy atom. The molecule has 5 heteroatoms. The number of hydrogen-bond acceptors (Lipinski definition) is 5. The van der Waals surface area contributed by atoms with Crippen molar-refractivity contribution in [2.75, 3.05) is 13.7 Å². The maximum Gasteiger partial charge on any atom is 0.130 e. The van der Waals surface area contributed by atoms with Crippen molar-refractivity contribution in [2.24, 2.45) is 0 Å². The monoisotopic (exact) mass is 302 g/mol. The van der Waals surface area contributed by atoms with E-state index in [1.54, 1.807) is 7.11 Å². The number of nitrogens with zero attached hydrogens (tertiary/aromatic N) is 2. The molecular formula is C16H18N2O2S. The first kappa shape index (κ1) is 15.5. The largest absolute Gasteiger partial charge is 0.493 e. The van der Waals surface area contributed by atoms with Gasteiger partial charge in [-0.2, -0.15) is 5.26 Å². The average molecular weight is 302 g/mol. The van der Waals surface area contributed by atoms with Crippen LogP contribution in [0.15, 0.2) is 18.2 Å². The van der Waals surface area contributed by atoms with Gasteiger partial charge in [0, 0.05) is 13.5 Å². The minimum Gasteiger partial charge on any atom is -0.493 e. The molecule has 110 valence electrons. The molecule has 0 radical (unpaired) electrons. The van der Waals surface area contributed by atoms with Gasteiger partial charge in [-0.25, -0.2) is 4.98 Å². The maximum absolute atomic E-state index is 9.06. The van der Waals surface area contributed by atoms with Gasteiger partial charge in [0.05, 0.1) is 23.9 Å². The second-order valence-electron chi connectivity index (χ2n) is 4.85. The third kappa shape index (κ3) is 4.28. The molecule has 0 amide bonds. The predicted molar refractivity (Wildman–Crippen MR) is 82.7 cm³/mol. The lowest BCUT2D eigenvalue weighted by molar-refractivity contribution is 0.181. The molecule has 0 aliphatic rings. The van der Waals surface area contributed by atoms with Crippen molar-refractivity contribution in [1.82, 2.24) is 4.98 Å². The molecule has 0 atom stereocenters. The average Bonchev–Trinajstić information content (AvgIpc) is 2.80. The van der Waals surface area contributed by atoms with Gasteiger partial charge in [0.2, 0.25) is 0 Å². The van der Waals surface area contributed by atoms with E-state index in [4.69, 9.17) is 14.7 Å². The summed E-state index contributed by atoms with van der Waals surface area (Å²) in [6.45, 7) is 5.03. The lowest BCUT2D eigenvalue weighted by Crippen LogP contribution is -2.02. The molecule has 1 aromatic heterocycles. The summed E-state index contributed by atoms with van der Waals surface area (Å²) < 4.78 is 10.8. The van der Waals surface area contributed by atoms with Crippen molar-refractivity contribution in [3.8, 4) is 11.8 Å². The van der Waals surface area contributed by atoms with E-state index >= 15 is 0 Å². The zero-order valence-electron chi connectivity index (χ0n) is 12.5. The molecule has 4 nitrogen and oxygen atoms in total. The standard InChI is InChI=1S/C16H18N2O2S/c1-11-6-12(2)8-13(7-11)20-5-4-16-18-14(10-19-3)15(9-17)21-16/h6-8H,4-5,10H2,1-3H3. The van der Waals surface area contributed by atoms with Crippen LogP contribution in [-0.2, 0) is 17.8 Å². The number of ether oxygens (including phenoxy) is 2. The topological polar surface area (TPSA) is 55.1 Å². The van der Waals surface area contributed by atoms with Crippen molar-refractivity contribution in [2.45, 2.75) is 26.9 Å². The zero-order chi connectivity index (χ0) is 15.2. The normalized spacial score (nSPS) is 10.4. The van der Waals surface area contributed by atoms with Crippen LogP contribution in [0.1, 0.15) is 26.7 Å². The molecule has 0 fully saturated rings. The number of aromatic nitrogens is 1. The summed E-state index contributed by atoms with van der Waals surface area (Å²) in [7, 11) is 1.60. The summed E-state index contributed by atoms with van der Waals surface area (Å²) >= 11 is 1.41. The number of benzene rings is 1. The quantitative estimate of drug-likeness (QED) is 0.820. The number of thiazole rings is 1. The zero-order valence-corrected chi connectivity index (χ0v) is 13.3. The van der Waals surface area contributed by atoms with Gasteiger partial charge in [0.1, 0.15) is 16.7 Å². The van der Waals surface area contributed by atoms with Crippen molar-refractivity contribution in [1.29, 1.82) is 5.26 Å². The fourth-order valence-corrected chi connectivity index (χ4v) is 2.95. The molecule has 0 unspecified atom stereocenters. The highest BCUT2D eigenvalue weighted by atomic mass is 32.1. The van der Waals surface area contributed by atoms with E-state index < -0.39 is 0 Å². The van der Waals surface area contributed by atoms with Gasteiger partial charge in [-0.1, -0.05) is 6.07 Å². The number of aryl methyl sites for hydroxylation is 2. The molecule has 0 aliphatic carbocycles. The highest BCUT2D eigenvalue weighted by molar-refractivity contribution is 7.12. The van der Waals surface area contributed by atoms with E-state index in [0.29, 0.717) is 30.2 Å². The Bertz CT molecular complexity index is 639. The van der Waals surface area contributed by atoms with Crippen molar-refractivity contribution in [3.05, 3.63) is 44.9 Å². The van der Waals surface area contributed by atoms with E-state index in [2.05, 4.69) is 31.0 Å². The first-order valence-corrected chi connectivity index (χ1v) is 7.52. The van der Waals surface area contributed by atoms with Gasteiger partial charge in [-0.05, 0) is 37.1 Å². The molecule has 0 bridgehead atoms. The molecular weight excluding hydrogens is 284 g/mol. The molecule has 0 saturated carbocycles. The van der Waals surface area contributed by atoms with Gasteiger partial charge in [-0.3, -0.25) is 0 Å². The molecule has 0 N–H and O–H groups in total. The molecule has 0 saturated heterocycles. The SMILES string of the molecule is COCc1nc(CCOc2cc(C)cc(C)c2)sc1C#N. The lowest BCUT2D eigenvalue weighted by atomic mass is 10.1. The van der Waals surface area contributed by atoms with Crippen LogP contribution in [0.5, 0.6) is 5.75 Å². The van der Waals surface area contributed by atoms with Crippen LogP contribution in [-0.4, -0.2) is 18.7 Å². The van der Waals surface area contributed by atoms with Crippen LogP contribution in [0.4, 0.5) is 0 Å². The van der Waals surface area contributed by atoms with Gasteiger partial charge in [0.15, 0.2) is 0 Å². The molecule has 0 spiro atoms. The van der Waals surface area contributed by atoms with Gasteiger partial charge < -0.3 is 9.47 Å². The predicted octanol–water partition coefficient (Wildman–Crippen LogP) is 3.40. The second kappa shape index (κ2) is 7.21. The Balaban J connectivity index is 1.95. The van der Waals surface area contributed by atoms with Crippen LogP contribution in [0.3, 0.4) is 0 Å². The van der Waals surface area contributed by atoms with Gasteiger partial charge in [0.25, 0.3) is 0 Å². The van der Waals surface area contributed by atoms with Crippen LogP contribution in [0.2, 0.25) is 0 Å². The fourth-order valence-electron chi connectivity index (χ4n) is 2.10. The van der Waals surface area contributed by atoms with Crippen LogP contribution >= 0.6 is 11.3 Å². The maximum atomic E-state index is 9.06. The molecule has 1 aromatic carbocycles. The van der Waals surface area contributed by atoms with Crippen molar-refractivity contribution in [3.63, 3.8) is 0 Å². The third-order valence-electron chi connectivity index (χ3n) is 2.90. The summed E-state index contributed by atoms with van der Waals surface area (Å²) in [5, 5.41) is 9.96. The second-order valence-corrected chi connectivity index (χ2v) is 5.93. The summed E-state index contributed by atoms with van der Waals surface area (Å²) in [4.78, 5) is 5.05. The Hall–Kier alpha value is -1.90. The number of hydrogen-bond donors (Lipinski definition) is 0. The van der Waals surface area contributed by atoms with Gasteiger partial charge in [-0.15, -0.1) is 11.3 Å². The summed E-state index contributed by atoms with van der Waals surface area (Å²) in [6, 6.07) is 8.31. The van der Waals surface area contributed by atoms with E-state index in [0.717, 1.165) is 10.8 Å². The fraction of sp³-hybridized carbons (Fsp3) is 0.375. The summed E-state index contributed by atoms with van der Waals surface area (Å²) in [5.41, 5.74) is 3.09. The minimum absolute atomic E-state index is 0.372. The molecule has 0 aliphatic heterocycles. The Kier molecular flexibility index (Phi) is 5.32. The first-order valence-electron chi connectivity index (χ1n) is 6.71. The van der Waals surface area contributed by atoms with Crippen LogP contribution in [0, 0.1) is 25.2 Å². The third-order valence-corrected chi connectivity index (χ3v) is 3.97. The van der Waals surface area contributed by atoms with Crippen molar-refractivity contribution >= 4 is 11.3 Å². The number of rotatable bonds is 6. The highest BCUT2D eigenvalue weighted by Gasteiger charge is 2.10. The molecule has 1 heterocycles. The smallest absolute Gasteiger partial charge is 0.130 e. The van der Waals surface area contributed by atoms with E-state index in [-0.39, 0.29) is 0 Å². The van der Waals surface area contributed by atoms with Crippen LogP contribution < -0.4 is 4.74 Å². The molecule has 2 rings (SSSR count). The Morgan fingerprint density at radius 3 is 2.57 bits per heavy atom. The number of methoxy groups -OCH3 is 1. The van der Waals surface area contributed by atoms with Crippen molar-refractivity contribution < 1.29 is 9.47 Å². The molecule has 21 heavy (non-hydrogen) atoms.